The Kier molecular flexibility index (Phi) is 20.9. The van der Waals surface area contributed by atoms with Crippen LogP contribution in [0.5, 0.6) is 0 Å². The van der Waals surface area contributed by atoms with Gasteiger partial charge in [0.1, 0.15) is 11.6 Å². The predicted octanol–water partition coefficient (Wildman–Crippen LogP) is 22.5. The van der Waals surface area contributed by atoms with E-state index in [1.165, 1.54) is 55.0 Å². The number of benzene rings is 7. The number of aryl methyl sites for hydroxylation is 5. The second kappa shape index (κ2) is 28.4. The first kappa shape index (κ1) is 70.5. The average molecular weight is 1640 g/mol. The Labute approximate surface area is 601 Å². The van der Waals surface area contributed by atoms with Crippen LogP contribution in [0, 0.1) is 79.7 Å². The molecule has 96 heavy (non-hydrogen) atoms. The summed E-state index contributed by atoms with van der Waals surface area (Å²) in [5.74, 6) is 3.42. The summed E-state index contributed by atoms with van der Waals surface area (Å²) in [6.07, 6.45) is 3.84. The second-order valence-corrected chi connectivity index (χ2v) is 28.8. The molecule has 0 aliphatic carbocycles. The van der Waals surface area contributed by atoms with Crippen molar-refractivity contribution in [1.29, 1.82) is 0 Å². The van der Waals surface area contributed by atoms with Crippen molar-refractivity contribution in [3.63, 3.8) is 0 Å². The van der Waals surface area contributed by atoms with E-state index in [0.717, 1.165) is 107 Å². The van der Waals surface area contributed by atoms with Crippen LogP contribution in [-0.2, 0) is 53.0 Å². The molecule has 0 atom stereocenters. The zero-order valence-corrected chi connectivity index (χ0v) is 63.8. The monoisotopic (exact) mass is 1640 g/mol. The molecule has 0 bridgehead atoms. The van der Waals surface area contributed by atoms with Gasteiger partial charge in [0.15, 0.2) is 0 Å². The SMILES string of the molecule is Cc1nc(-c2[c-]c(N(c3[c-]c4c(cc3)c(C)c(C)n4-c3cc(C(C)(C)C)ccn3)c3ccccc3)ccc2)n(-c2c(C(C)C)cccc2C(C)C)c1C.Cc1nc(-c2[c-]c(N(c3[c-]c4c(cc3)c(C)c(C)n4-c3cc(C(C)(C)C)ccn3)c3ccccc3)ccc2)sc1C.[Pt+2].[Pt+2]. The molecule has 7 aromatic carbocycles. The largest absolute Gasteiger partial charge is 2.00 e. The zero-order valence-electron chi connectivity index (χ0n) is 58.5. The maximum absolute atomic E-state index is 5.22. The molecule has 0 spiro atoms. The third-order valence-corrected chi connectivity index (χ3v) is 19.6. The normalized spacial score (nSPS) is 11.7. The van der Waals surface area contributed by atoms with Crippen LogP contribution in [0.2, 0.25) is 0 Å². The van der Waals surface area contributed by atoms with Crippen molar-refractivity contribution in [2.45, 2.75) is 147 Å². The zero-order chi connectivity index (χ0) is 66.7. The molecule has 0 aliphatic heterocycles. The number of anilines is 6. The molecule has 12 heteroatoms. The fraction of sp³-hybridized carbons (Fsp3) is 0.262. The van der Waals surface area contributed by atoms with Crippen LogP contribution in [0.15, 0.2) is 176 Å². The summed E-state index contributed by atoms with van der Waals surface area (Å²) in [7, 11) is 0. The van der Waals surface area contributed by atoms with E-state index < -0.39 is 0 Å². The topological polar surface area (TPSA) is 72.8 Å². The van der Waals surface area contributed by atoms with E-state index in [9.17, 15) is 0 Å². The Morgan fingerprint density at radius 1 is 0.427 bits per heavy atom. The van der Waals surface area contributed by atoms with Gasteiger partial charge in [-0.3, -0.25) is 9.97 Å². The molecular weight excluding hydrogens is 1560 g/mol. The van der Waals surface area contributed by atoms with Crippen molar-refractivity contribution < 1.29 is 42.1 Å². The van der Waals surface area contributed by atoms with E-state index in [1.807, 2.05) is 18.5 Å². The molecular formula is C84H85N9Pt2S. The molecule has 6 aromatic heterocycles. The van der Waals surface area contributed by atoms with E-state index in [2.05, 4.69) is 330 Å². The summed E-state index contributed by atoms with van der Waals surface area (Å²) in [5.41, 5.74) is 24.1. The molecule has 0 fully saturated rings. The van der Waals surface area contributed by atoms with E-state index >= 15 is 0 Å². The molecule has 6 heterocycles. The van der Waals surface area contributed by atoms with Gasteiger partial charge in [0, 0.05) is 67.8 Å². The Bertz CT molecular complexity index is 4890. The Balaban J connectivity index is 0.000000211. The molecule has 0 N–H and O–H groups in total. The number of fused-ring (bicyclic) bond motifs is 2. The molecule has 9 nitrogen and oxygen atoms in total. The van der Waals surface area contributed by atoms with E-state index in [4.69, 9.17) is 19.9 Å². The van der Waals surface area contributed by atoms with Crippen LogP contribution in [0.1, 0.15) is 148 Å². The van der Waals surface area contributed by atoms with Crippen molar-refractivity contribution >= 4 is 67.3 Å². The average Bonchev–Trinajstić information content (AvgIpc) is 1.58. The minimum Gasteiger partial charge on any atom is -0.352 e. The molecule has 0 saturated carbocycles. The summed E-state index contributed by atoms with van der Waals surface area (Å²) in [6, 6.07) is 72.9. The van der Waals surface area contributed by atoms with Crippen LogP contribution in [0.4, 0.5) is 34.1 Å². The Morgan fingerprint density at radius 3 is 1.28 bits per heavy atom. The van der Waals surface area contributed by atoms with Gasteiger partial charge in [-0.15, -0.1) is 94.7 Å². The number of pyridine rings is 2. The van der Waals surface area contributed by atoms with Gasteiger partial charge in [0.05, 0.1) is 5.82 Å². The first-order chi connectivity index (χ1) is 44.9. The number of imidazole rings is 1. The van der Waals surface area contributed by atoms with Crippen LogP contribution in [0.25, 0.3) is 61.1 Å². The van der Waals surface area contributed by atoms with Gasteiger partial charge in [0.25, 0.3) is 0 Å². The van der Waals surface area contributed by atoms with Crippen molar-refractivity contribution in [1.82, 2.24) is 33.6 Å². The van der Waals surface area contributed by atoms with Gasteiger partial charge >= 0.3 is 42.1 Å². The number of hydrogen-bond acceptors (Lipinski definition) is 7. The summed E-state index contributed by atoms with van der Waals surface area (Å²) in [6.45, 7) is 39.7. The van der Waals surface area contributed by atoms with Crippen molar-refractivity contribution in [3.05, 3.63) is 267 Å². The first-order valence-electron chi connectivity index (χ1n) is 32.8. The third kappa shape index (κ3) is 13.7. The maximum atomic E-state index is 5.22. The molecule has 0 saturated heterocycles. The fourth-order valence-corrected chi connectivity index (χ4v) is 13.5. The van der Waals surface area contributed by atoms with Gasteiger partial charge in [-0.05, 0) is 160 Å². The van der Waals surface area contributed by atoms with Gasteiger partial charge in [-0.1, -0.05) is 157 Å². The van der Waals surface area contributed by atoms with E-state index in [0.29, 0.717) is 11.8 Å². The third-order valence-electron chi connectivity index (χ3n) is 18.5. The minimum absolute atomic E-state index is 0. The number of para-hydroxylation sites is 3. The second-order valence-electron chi connectivity index (χ2n) is 27.5. The molecule has 13 aromatic rings. The predicted molar refractivity (Wildman–Crippen MR) is 394 cm³/mol. The van der Waals surface area contributed by atoms with Crippen LogP contribution in [-0.4, -0.2) is 33.6 Å². The van der Waals surface area contributed by atoms with Crippen molar-refractivity contribution in [2.24, 2.45) is 0 Å². The first-order valence-corrected chi connectivity index (χ1v) is 33.6. The summed E-state index contributed by atoms with van der Waals surface area (Å²) < 4.78 is 6.87. The molecule has 492 valence electrons. The smallest absolute Gasteiger partial charge is 0.352 e. The van der Waals surface area contributed by atoms with Gasteiger partial charge in [-0.2, -0.15) is 23.5 Å². The standard InChI is InChI=1S/C48H51N5.C36H34N4S.2Pt/c1-30(2)41-21-16-22-42(31(3)4)46(41)52-35(8)33(6)50-47(52)36-17-15-20-39(27-36)53(38-18-13-12-14-19-38)40-23-24-43-32(5)34(7)51(44(43)29-40)45-28-37(25-26-49-45)48(9,10)11;1-23-25(3)39(34-21-28(18-19-37-34)36(5,6)7)33-22-31(16-17-32(23)33)40(29-13-9-8-10-14-29)30-15-11-12-27(20-30)35-38-24(2)26(4)41-35;;/h12-26,28,30-31H,1-11H3;8-19,21H,1-7H3;;/q2*-2;2*+2. The summed E-state index contributed by atoms with van der Waals surface area (Å²) >= 11 is 1.71. The number of thiazole rings is 1. The molecule has 0 amide bonds. The van der Waals surface area contributed by atoms with Crippen LogP contribution < -0.4 is 9.80 Å². The van der Waals surface area contributed by atoms with E-state index in [-0.39, 0.29) is 53.0 Å². The van der Waals surface area contributed by atoms with Crippen LogP contribution in [0.3, 0.4) is 0 Å². The number of rotatable bonds is 13. The Hall–Kier alpha value is -8.26. The van der Waals surface area contributed by atoms with Crippen LogP contribution >= 0.6 is 11.3 Å². The number of hydrogen-bond donors (Lipinski definition) is 0. The van der Waals surface area contributed by atoms with Crippen molar-refractivity contribution in [3.8, 4) is 39.3 Å². The maximum Gasteiger partial charge on any atom is 2.00 e. The number of aromatic nitrogens is 7. The van der Waals surface area contributed by atoms with Gasteiger partial charge < -0.3 is 23.5 Å². The minimum atomic E-state index is 0. The van der Waals surface area contributed by atoms with Gasteiger partial charge in [0.2, 0.25) is 0 Å². The Morgan fingerprint density at radius 2 is 0.854 bits per heavy atom. The van der Waals surface area contributed by atoms with Gasteiger partial charge in [-0.25, -0.2) is 9.97 Å². The molecule has 13 rings (SSSR count). The molecule has 0 aliphatic rings. The van der Waals surface area contributed by atoms with E-state index in [1.54, 1.807) is 11.3 Å². The summed E-state index contributed by atoms with van der Waals surface area (Å²) in [4.78, 5) is 25.4. The molecule has 0 unspecified atom stereocenters. The van der Waals surface area contributed by atoms with Crippen molar-refractivity contribution in [2.75, 3.05) is 9.80 Å². The molecule has 0 radical (unpaired) electrons. The number of nitrogens with zero attached hydrogens (tertiary/aromatic N) is 9. The summed E-state index contributed by atoms with van der Waals surface area (Å²) in [5, 5.41) is 3.32. The quantitative estimate of drug-likeness (QED) is 0.107. The fourth-order valence-electron chi connectivity index (χ4n) is 12.6.